The van der Waals surface area contributed by atoms with Crippen molar-refractivity contribution < 1.29 is 0 Å². The van der Waals surface area contributed by atoms with Crippen molar-refractivity contribution in [3.05, 3.63) is 23.8 Å². The van der Waals surface area contributed by atoms with Crippen molar-refractivity contribution >= 4 is 0 Å². The smallest absolute Gasteiger partial charge is 0.00767 e. The van der Waals surface area contributed by atoms with E-state index in [-0.39, 0.29) is 0 Å². The van der Waals surface area contributed by atoms with Crippen LogP contribution in [0.5, 0.6) is 0 Å². The largest absolute Gasteiger partial charge is 0.327 e. The second kappa shape index (κ2) is 3.72. The highest BCUT2D eigenvalue weighted by atomic mass is 14.6. The third-order valence-electron chi connectivity index (χ3n) is 2.33. The van der Waals surface area contributed by atoms with Crippen LogP contribution in [0.2, 0.25) is 0 Å². The molecule has 1 rings (SSSR count). The summed E-state index contributed by atoms with van der Waals surface area (Å²) in [5.41, 5.74) is 8.49. The summed E-state index contributed by atoms with van der Waals surface area (Å²) in [5.74, 6) is 0. The van der Waals surface area contributed by atoms with Gasteiger partial charge in [-0.2, -0.15) is 0 Å². The fourth-order valence-electron chi connectivity index (χ4n) is 1.40. The lowest BCUT2D eigenvalue weighted by Gasteiger charge is -2.18. The first-order valence-electron chi connectivity index (χ1n) is 4.36. The zero-order valence-corrected chi connectivity index (χ0v) is 7.27. The highest BCUT2D eigenvalue weighted by Crippen LogP contribution is 2.23. The molecule has 0 amide bonds. The van der Waals surface area contributed by atoms with E-state index in [4.69, 9.17) is 5.73 Å². The van der Waals surface area contributed by atoms with Gasteiger partial charge in [-0.05, 0) is 31.3 Å². The maximum absolute atomic E-state index is 5.76. The van der Waals surface area contributed by atoms with E-state index in [2.05, 4.69) is 19.6 Å². The van der Waals surface area contributed by atoms with Crippen molar-refractivity contribution in [3.63, 3.8) is 0 Å². The van der Waals surface area contributed by atoms with E-state index in [0.29, 0.717) is 6.04 Å². The lowest BCUT2D eigenvalue weighted by molar-refractivity contribution is 0.591. The third-order valence-corrected chi connectivity index (χ3v) is 2.33. The van der Waals surface area contributed by atoms with Crippen LogP contribution >= 0.6 is 0 Å². The van der Waals surface area contributed by atoms with Gasteiger partial charge in [0.15, 0.2) is 0 Å². The van der Waals surface area contributed by atoms with E-state index in [1.54, 1.807) is 0 Å². The van der Waals surface area contributed by atoms with Crippen molar-refractivity contribution in [3.8, 4) is 0 Å². The summed E-state index contributed by atoms with van der Waals surface area (Å²) in [6.45, 7) is 6.16. The Morgan fingerprint density at radius 3 is 3.00 bits per heavy atom. The van der Waals surface area contributed by atoms with Crippen molar-refractivity contribution in [1.29, 1.82) is 0 Å². The number of nitrogens with two attached hydrogens (primary N) is 1. The van der Waals surface area contributed by atoms with Gasteiger partial charge < -0.3 is 5.73 Å². The Balaban J connectivity index is 2.54. The van der Waals surface area contributed by atoms with Gasteiger partial charge in [0.25, 0.3) is 0 Å². The monoisotopic (exact) mass is 151 g/mol. The molecule has 0 fully saturated rings. The van der Waals surface area contributed by atoms with E-state index in [1.165, 1.54) is 11.1 Å². The lowest BCUT2D eigenvalue weighted by atomic mass is 9.91. The number of hydrogen-bond donors (Lipinski definition) is 1. The highest BCUT2D eigenvalue weighted by molar-refractivity contribution is 5.29. The molecule has 0 spiro atoms. The van der Waals surface area contributed by atoms with Crippen LogP contribution in [0, 0.1) is 0 Å². The molecule has 0 heterocycles. The maximum atomic E-state index is 5.76. The molecule has 0 radical (unpaired) electrons. The first-order valence-corrected chi connectivity index (χ1v) is 4.36. The third kappa shape index (κ3) is 2.19. The van der Waals surface area contributed by atoms with Gasteiger partial charge in [-0.1, -0.05) is 25.2 Å². The van der Waals surface area contributed by atoms with Gasteiger partial charge in [0.05, 0.1) is 0 Å². The molecule has 0 saturated carbocycles. The summed E-state index contributed by atoms with van der Waals surface area (Å²) < 4.78 is 0. The van der Waals surface area contributed by atoms with Gasteiger partial charge in [-0.3, -0.25) is 0 Å². The van der Waals surface area contributed by atoms with Crippen LogP contribution in [0.15, 0.2) is 23.8 Å². The topological polar surface area (TPSA) is 26.0 Å². The number of rotatable bonds is 2. The Bertz CT molecular complexity index is 179. The van der Waals surface area contributed by atoms with E-state index in [0.717, 1.165) is 25.7 Å². The Hall–Kier alpha value is -0.560. The molecule has 0 bridgehead atoms. The van der Waals surface area contributed by atoms with Crippen LogP contribution < -0.4 is 5.73 Å². The summed E-state index contributed by atoms with van der Waals surface area (Å²) >= 11 is 0. The average molecular weight is 151 g/mol. The van der Waals surface area contributed by atoms with Gasteiger partial charge in [-0.25, -0.2) is 0 Å². The van der Waals surface area contributed by atoms with E-state index < -0.39 is 0 Å². The van der Waals surface area contributed by atoms with Crippen LogP contribution in [0.4, 0.5) is 0 Å². The zero-order valence-electron chi connectivity index (χ0n) is 7.27. The van der Waals surface area contributed by atoms with Crippen LogP contribution in [0.3, 0.4) is 0 Å². The molecule has 11 heavy (non-hydrogen) atoms. The minimum Gasteiger partial charge on any atom is -0.327 e. The van der Waals surface area contributed by atoms with Gasteiger partial charge in [0.2, 0.25) is 0 Å². The predicted molar refractivity (Wildman–Crippen MR) is 49.3 cm³/mol. The Morgan fingerprint density at radius 2 is 2.55 bits per heavy atom. The Morgan fingerprint density at radius 1 is 1.82 bits per heavy atom. The van der Waals surface area contributed by atoms with Crippen LogP contribution in [0.1, 0.15) is 32.6 Å². The van der Waals surface area contributed by atoms with Gasteiger partial charge in [0.1, 0.15) is 0 Å². The number of hydrogen-bond acceptors (Lipinski definition) is 1. The molecule has 1 nitrogen and oxygen atoms in total. The summed E-state index contributed by atoms with van der Waals surface area (Å²) in [4.78, 5) is 0. The summed E-state index contributed by atoms with van der Waals surface area (Å²) in [7, 11) is 0. The second-order valence-electron chi connectivity index (χ2n) is 3.22. The van der Waals surface area contributed by atoms with E-state index in [1.807, 2.05) is 0 Å². The second-order valence-corrected chi connectivity index (χ2v) is 3.22. The molecule has 0 saturated heterocycles. The normalized spacial score (nSPS) is 24.5. The van der Waals surface area contributed by atoms with Crippen LogP contribution in [0.25, 0.3) is 0 Å². The van der Waals surface area contributed by atoms with Gasteiger partial charge >= 0.3 is 0 Å². The first kappa shape index (κ1) is 8.54. The van der Waals surface area contributed by atoms with Crippen molar-refractivity contribution in [2.24, 2.45) is 5.73 Å². The fraction of sp³-hybridized carbons (Fsp3) is 0.600. The molecule has 1 unspecified atom stereocenters. The van der Waals surface area contributed by atoms with Gasteiger partial charge in [0, 0.05) is 6.04 Å². The molecule has 1 heteroatoms. The molecule has 0 aliphatic heterocycles. The average Bonchev–Trinajstić information content (AvgIpc) is 2.05. The Kier molecular flexibility index (Phi) is 2.89. The molecule has 1 aliphatic rings. The predicted octanol–water partition coefficient (Wildman–Crippen LogP) is 2.39. The lowest BCUT2D eigenvalue weighted by Crippen LogP contribution is -2.21. The molecular formula is C10H17N. The standard InChI is InChI=1S/C10H17N/c1-3-8(2)9-4-6-10(11)7-5-9/h4,10H,2-3,5-7,11H2,1H3. The minimum absolute atomic E-state index is 0.392. The van der Waals surface area contributed by atoms with Gasteiger partial charge in [-0.15, -0.1) is 0 Å². The minimum atomic E-state index is 0.392. The fourth-order valence-corrected chi connectivity index (χ4v) is 1.40. The molecular weight excluding hydrogens is 134 g/mol. The van der Waals surface area contributed by atoms with Crippen LogP contribution in [-0.2, 0) is 0 Å². The molecule has 1 atom stereocenters. The van der Waals surface area contributed by atoms with Crippen molar-refractivity contribution in [2.75, 3.05) is 0 Å². The van der Waals surface area contributed by atoms with E-state index in [9.17, 15) is 0 Å². The molecule has 62 valence electrons. The summed E-state index contributed by atoms with van der Waals surface area (Å²) in [6, 6.07) is 0.392. The highest BCUT2D eigenvalue weighted by Gasteiger charge is 2.10. The quantitative estimate of drug-likeness (QED) is 0.644. The summed E-state index contributed by atoms with van der Waals surface area (Å²) in [5, 5.41) is 0. The molecule has 0 aromatic rings. The summed E-state index contributed by atoms with van der Waals surface area (Å²) in [6.07, 6.45) is 6.62. The molecule has 1 aliphatic carbocycles. The maximum Gasteiger partial charge on any atom is 0.00767 e. The van der Waals surface area contributed by atoms with Crippen LogP contribution in [-0.4, -0.2) is 6.04 Å². The Labute approximate surface area is 69.0 Å². The first-order chi connectivity index (χ1) is 5.24. The van der Waals surface area contributed by atoms with Crippen molar-refractivity contribution in [1.82, 2.24) is 0 Å². The number of allylic oxidation sites excluding steroid dienone is 2. The van der Waals surface area contributed by atoms with Crippen molar-refractivity contribution in [2.45, 2.75) is 38.6 Å². The molecule has 0 aromatic carbocycles. The zero-order chi connectivity index (χ0) is 8.27. The molecule has 0 aromatic heterocycles. The SMILES string of the molecule is C=C(CC)C1=CCC(N)CC1. The molecule has 2 N–H and O–H groups in total. The van der Waals surface area contributed by atoms with E-state index >= 15 is 0 Å².